The van der Waals surface area contributed by atoms with E-state index in [1.165, 1.54) is 12.1 Å². The summed E-state index contributed by atoms with van der Waals surface area (Å²) < 4.78 is 10.9. The van der Waals surface area contributed by atoms with E-state index in [0.717, 1.165) is 0 Å². The quantitative estimate of drug-likeness (QED) is 0.678. The lowest BCUT2D eigenvalue weighted by molar-refractivity contribution is 0.0697. The number of nitrogens with one attached hydrogen (secondary N) is 2. The third-order valence-corrected chi connectivity index (χ3v) is 2.98. The molecule has 0 spiro atoms. The summed E-state index contributed by atoms with van der Waals surface area (Å²) in [6.45, 7) is 2.32. The first-order valence-electron chi connectivity index (χ1n) is 7.33. The molecule has 2 aromatic rings. The molecule has 7 nitrogen and oxygen atoms in total. The van der Waals surface area contributed by atoms with E-state index in [1.807, 2.05) is 13.0 Å². The van der Waals surface area contributed by atoms with Crippen LogP contribution >= 0.6 is 0 Å². The molecule has 0 unspecified atom stereocenters. The van der Waals surface area contributed by atoms with Crippen LogP contribution < -0.4 is 20.1 Å². The Bertz CT molecular complexity index is 718. The van der Waals surface area contributed by atoms with Gasteiger partial charge in [0.25, 0.3) is 0 Å². The highest BCUT2D eigenvalue weighted by Crippen LogP contribution is 2.25. The Hall–Kier alpha value is -3.22. The molecule has 0 heterocycles. The smallest absolute Gasteiger partial charge is 0.335 e. The highest BCUT2D eigenvalue weighted by molar-refractivity contribution is 5.93. The molecule has 2 amide bonds. The number of amides is 2. The van der Waals surface area contributed by atoms with Crippen molar-refractivity contribution in [1.82, 2.24) is 5.32 Å². The fraction of sp³-hybridized carbons (Fsp3) is 0.176. The molecule has 24 heavy (non-hydrogen) atoms. The van der Waals surface area contributed by atoms with Gasteiger partial charge in [0.05, 0.1) is 12.2 Å². The average molecular weight is 330 g/mol. The van der Waals surface area contributed by atoms with Crippen LogP contribution in [0.4, 0.5) is 10.5 Å². The van der Waals surface area contributed by atoms with Gasteiger partial charge in [0.1, 0.15) is 0 Å². The van der Waals surface area contributed by atoms with Gasteiger partial charge in [-0.15, -0.1) is 0 Å². The number of rotatable bonds is 7. The molecule has 0 aliphatic carbocycles. The molecule has 3 N–H and O–H groups in total. The summed E-state index contributed by atoms with van der Waals surface area (Å²) in [5.74, 6) is 0.0545. The molecule has 126 valence electrons. The van der Waals surface area contributed by atoms with Crippen LogP contribution in [-0.2, 0) is 0 Å². The van der Waals surface area contributed by atoms with Gasteiger partial charge in [0.2, 0.25) is 0 Å². The van der Waals surface area contributed by atoms with E-state index < -0.39 is 12.0 Å². The molecule has 2 aromatic carbocycles. The fourth-order valence-corrected chi connectivity index (χ4v) is 1.93. The summed E-state index contributed by atoms with van der Waals surface area (Å²) in [5.41, 5.74) is 0.469. The van der Waals surface area contributed by atoms with Gasteiger partial charge in [-0.2, -0.15) is 0 Å². The van der Waals surface area contributed by atoms with Crippen molar-refractivity contribution in [2.24, 2.45) is 0 Å². The first-order valence-corrected chi connectivity index (χ1v) is 7.33. The summed E-state index contributed by atoms with van der Waals surface area (Å²) >= 11 is 0. The first kappa shape index (κ1) is 17.1. The van der Waals surface area contributed by atoms with Crippen molar-refractivity contribution in [2.75, 3.05) is 18.7 Å². The van der Waals surface area contributed by atoms with E-state index in [-0.39, 0.29) is 12.3 Å². The van der Waals surface area contributed by atoms with Crippen LogP contribution in [0.2, 0.25) is 0 Å². The molecule has 0 bridgehead atoms. The van der Waals surface area contributed by atoms with E-state index in [1.54, 1.807) is 30.3 Å². The number of carboxylic acid groups (broad SMARTS) is 1. The predicted octanol–water partition coefficient (Wildman–Crippen LogP) is 2.94. The second kappa shape index (κ2) is 8.42. The number of carboxylic acids is 1. The van der Waals surface area contributed by atoms with Gasteiger partial charge in [0.15, 0.2) is 18.2 Å². The topological polar surface area (TPSA) is 96.9 Å². The summed E-state index contributed by atoms with van der Waals surface area (Å²) in [6.07, 6.45) is 0. The normalized spacial score (nSPS) is 9.88. The van der Waals surface area contributed by atoms with Crippen molar-refractivity contribution in [1.29, 1.82) is 0 Å². The maximum Gasteiger partial charge on any atom is 0.335 e. The first-order chi connectivity index (χ1) is 11.6. The van der Waals surface area contributed by atoms with Crippen LogP contribution in [0.3, 0.4) is 0 Å². The maximum atomic E-state index is 11.8. The zero-order chi connectivity index (χ0) is 17.4. The number of aromatic carboxylic acids is 1. The van der Waals surface area contributed by atoms with Crippen LogP contribution in [-0.4, -0.2) is 30.4 Å². The van der Waals surface area contributed by atoms with Crippen molar-refractivity contribution < 1.29 is 24.2 Å². The summed E-state index contributed by atoms with van der Waals surface area (Å²) in [5, 5.41) is 14.0. The number of benzene rings is 2. The SMILES string of the molecule is CCOc1ccccc1OCNC(=O)Nc1cccc(C(=O)O)c1. The van der Waals surface area contributed by atoms with Crippen LogP contribution in [0.15, 0.2) is 48.5 Å². The van der Waals surface area contributed by atoms with Crippen molar-refractivity contribution in [3.8, 4) is 11.5 Å². The zero-order valence-corrected chi connectivity index (χ0v) is 13.1. The molecule has 0 atom stereocenters. The highest BCUT2D eigenvalue weighted by Gasteiger charge is 2.07. The number of para-hydroxylation sites is 2. The summed E-state index contributed by atoms with van der Waals surface area (Å²) in [7, 11) is 0. The summed E-state index contributed by atoms with van der Waals surface area (Å²) in [4.78, 5) is 22.7. The molecule has 0 fully saturated rings. The molecular formula is C17H18N2O5. The molecule has 0 aromatic heterocycles. The van der Waals surface area contributed by atoms with Crippen LogP contribution in [0.1, 0.15) is 17.3 Å². The Morgan fingerprint density at radius 1 is 1.04 bits per heavy atom. The Balaban J connectivity index is 1.86. The largest absolute Gasteiger partial charge is 0.490 e. The van der Waals surface area contributed by atoms with Gasteiger partial charge in [0, 0.05) is 5.69 Å². The molecule has 0 saturated carbocycles. The van der Waals surface area contributed by atoms with E-state index in [4.69, 9.17) is 14.6 Å². The maximum absolute atomic E-state index is 11.8. The number of urea groups is 1. The predicted molar refractivity (Wildman–Crippen MR) is 88.7 cm³/mol. The summed E-state index contributed by atoms with van der Waals surface area (Å²) in [6, 6.07) is 12.6. The number of hydrogen-bond donors (Lipinski definition) is 3. The molecule has 0 aliphatic rings. The van der Waals surface area contributed by atoms with Crippen molar-refractivity contribution in [3.05, 3.63) is 54.1 Å². The standard InChI is InChI=1S/C17H18N2O5/c1-2-23-14-8-3-4-9-15(14)24-11-18-17(22)19-13-7-5-6-12(10-13)16(20)21/h3-10H,2,11H2,1H3,(H,20,21)(H2,18,19,22). The van der Waals surface area contributed by atoms with Crippen LogP contribution in [0, 0.1) is 0 Å². The highest BCUT2D eigenvalue weighted by atomic mass is 16.5. The Labute approximate surface area is 139 Å². The van der Waals surface area contributed by atoms with Gasteiger partial charge >= 0.3 is 12.0 Å². The Morgan fingerprint density at radius 2 is 1.75 bits per heavy atom. The molecule has 0 radical (unpaired) electrons. The number of hydrogen-bond acceptors (Lipinski definition) is 4. The minimum atomic E-state index is -1.06. The number of ether oxygens (including phenoxy) is 2. The fourth-order valence-electron chi connectivity index (χ4n) is 1.93. The minimum Gasteiger partial charge on any atom is -0.490 e. The molecule has 0 aliphatic heterocycles. The lowest BCUT2D eigenvalue weighted by atomic mass is 10.2. The van der Waals surface area contributed by atoms with Gasteiger partial charge in [-0.05, 0) is 37.3 Å². The van der Waals surface area contributed by atoms with Crippen LogP contribution in [0.25, 0.3) is 0 Å². The van der Waals surface area contributed by atoms with E-state index in [9.17, 15) is 9.59 Å². The monoisotopic (exact) mass is 330 g/mol. The van der Waals surface area contributed by atoms with Crippen molar-refractivity contribution in [3.63, 3.8) is 0 Å². The Kier molecular flexibility index (Phi) is 6.01. The van der Waals surface area contributed by atoms with Gasteiger partial charge in [-0.3, -0.25) is 0 Å². The average Bonchev–Trinajstić information content (AvgIpc) is 2.57. The number of anilines is 1. The number of carbonyl (C=O) groups is 2. The van der Waals surface area contributed by atoms with Gasteiger partial charge in [-0.1, -0.05) is 18.2 Å². The van der Waals surface area contributed by atoms with Crippen molar-refractivity contribution >= 4 is 17.7 Å². The molecule has 2 rings (SSSR count). The van der Waals surface area contributed by atoms with Crippen molar-refractivity contribution in [2.45, 2.75) is 6.92 Å². The third kappa shape index (κ3) is 4.91. The molecule has 7 heteroatoms. The van der Waals surface area contributed by atoms with Gasteiger partial charge < -0.3 is 25.2 Å². The van der Waals surface area contributed by atoms with E-state index in [0.29, 0.717) is 23.8 Å². The van der Waals surface area contributed by atoms with E-state index >= 15 is 0 Å². The lowest BCUT2D eigenvalue weighted by Crippen LogP contribution is -2.32. The zero-order valence-electron chi connectivity index (χ0n) is 13.1. The van der Waals surface area contributed by atoms with E-state index in [2.05, 4.69) is 10.6 Å². The number of carbonyl (C=O) groups excluding carboxylic acids is 1. The van der Waals surface area contributed by atoms with Crippen LogP contribution in [0.5, 0.6) is 11.5 Å². The third-order valence-electron chi connectivity index (χ3n) is 2.98. The molecule has 0 saturated heterocycles. The second-order valence-corrected chi connectivity index (χ2v) is 4.69. The Morgan fingerprint density at radius 3 is 2.42 bits per heavy atom. The molecular weight excluding hydrogens is 312 g/mol. The minimum absolute atomic E-state index is 0.0610. The lowest BCUT2D eigenvalue weighted by Gasteiger charge is -2.12. The second-order valence-electron chi connectivity index (χ2n) is 4.69. The van der Waals surface area contributed by atoms with Gasteiger partial charge in [-0.25, -0.2) is 9.59 Å².